The number of aromatic nitrogens is 3. The summed E-state index contributed by atoms with van der Waals surface area (Å²) >= 11 is 0. The van der Waals surface area contributed by atoms with E-state index >= 15 is 0 Å². The quantitative estimate of drug-likeness (QED) is 0.623. The third-order valence-corrected chi connectivity index (χ3v) is 7.75. The summed E-state index contributed by atoms with van der Waals surface area (Å²) in [6, 6.07) is 4.14. The first-order chi connectivity index (χ1) is 16.6. The highest BCUT2D eigenvalue weighted by atomic mass is 16.4. The lowest BCUT2D eigenvalue weighted by Crippen LogP contribution is -2.63. The summed E-state index contributed by atoms with van der Waals surface area (Å²) in [4.78, 5) is 18.3. The van der Waals surface area contributed by atoms with Crippen LogP contribution in [-0.4, -0.2) is 44.6 Å². The molecular weight excluding hydrogens is 438 g/mol. The van der Waals surface area contributed by atoms with Crippen molar-refractivity contribution in [2.75, 3.05) is 18.0 Å². The fourth-order valence-corrected chi connectivity index (χ4v) is 6.01. The lowest BCUT2D eigenvalue weighted by atomic mass is 9.58. The van der Waals surface area contributed by atoms with Crippen LogP contribution in [0.1, 0.15) is 62.2 Å². The van der Waals surface area contributed by atoms with Crippen molar-refractivity contribution in [2.45, 2.75) is 53.4 Å². The van der Waals surface area contributed by atoms with Crippen LogP contribution in [0.4, 0.5) is 5.82 Å². The van der Waals surface area contributed by atoms with Gasteiger partial charge in [0.1, 0.15) is 5.82 Å². The number of carboxylic acid groups (broad SMARTS) is 1. The maximum absolute atomic E-state index is 11.2. The lowest BCUT2D eigenvalue weighted by Gasteiger charge is -2.58. The summed E-state index contributed by atoms with van der Waals surface area (Å²) in [6.07, 6.45) is 9.33. The van der Waals surface area contributed by atoms with E-state index in [0.717, 1.165) is 65.7 Å². The van der Waals surface area contributed by atoms with Gasteiger partial charge in [-0.3, -0.25) is 4.79 Å². The summed E-state index contributed by atoms with van der Waals surface area (Å²) in [5.74, 6) is 0.373. The molecule has 1 saturated carbocycles. The Kier molecular flexibility index (Phi) is 5.54. The van der Waals surface area contributed by atoms with Crippen molar-refractivity contribution in [3.8, 4) is 5.69 Å². The first-order valence-corrected chi connectivity index (χ1v) is 12.3. The van der Waals surface area contributed by atoms with Crippen molar-refractivity contribution in [1.82, 2.24) is 14.8 Å². The van der Waals surface area contributed by atoms with Gasteiger partial charge in [-0.05, 0) is 57.7 Å². The highest BCUT2D eigenvalue weighted by Gasteiger charge is 2.54. The van der Waals surface area contributed by atoms with E-state index < -0.39 is 5.97 Å². The molecular formula is C28H33N5O2. The molecule has 0 aromatic carbocycles. The zero-order chi connectivity index (χ0) is 25.1. The number of hydrogen-bond donors (Lipinski definition) is 2. The van der Waals surface area contributed by atoms with Gasteiger partial charge in [0, 0.05) is 40.9 Å². The van der Waals surface area contributed by atoms with Gasteiger partial charge in [-0.15, -0.1) is 0 Å². The Labute approximate surface area is 206 Å². The van der Waals surface area contributed by atoms with Crippen LogP contribution < -0.4 is 4.90 Å². The Morgan fingerprint density at radius 2 is 1.97 bits per heavy atom. The number of anilines is 1. The molecule has 0 unspecified atom stereocenters. The number of nitrogens with zero attached hydrogens (tertiary/aromatic N) is 4. The summed E-state index contributed by atoms with van der Waals surface area (Å²) < 4.78 is 1.99. The minimum Gasteiger partial charge on any atom is -0.481 e. The number of rotatable bonds is 5. The Morgan fingerprint density at radius 1 is 1.26 bits per heavy atom. The van der Waals surface area contributed by atoms with Crippen molar-refractivity contribution >= 4 is 23.1 Å². The first kappa shape index (κ1) is 23.3. The minimum absolute atomic E-state index is 0.164. The molecule has 1 saturated heterocycles. The standard InChI is InChI=1S/C28H33N5O2/c1-6-20-21(8-7-9-22(20)29)26-25(16(2)3)18(5)33(31-26)23-10-11-24(30-17(23)4)32-14-28(15-32)12-19(13-28)27(34)35/h6-11,16,19,29H,12-15H2,1-5H3,(H,34,35)/b20-6-,29-22?. The average Bonchev–Trinajstić information content (AvgIpc) is 3.08. The van der Waals surface area contributed by atoms with E-state index in [1.54, 1.807) is 0 Å². The molecule has 0 bridgehead atoms. The second-order valence-electron chi connectivity index (χ2n) is 10.5. The number of aryl methyl sites for hydroxylation is 1. The van der Waals surface area contributed by atoms with E-state index in [0.29, 0.717) is 5.71 Å². The van der Waals surface area contributed by atoms with Gasteiger partial charge < -0.3 is 15.4 Å². The van der Waals surface area contributed by atoms with E-state index in [-0.39, 0.29) is 17.3 Å². The monoisotopic (exact) mass is 471 g/mol. The zero-order valence-electron chi connectivity index (χ0n) is 21.1. The van der Waals surface area contributed by atoms with E-state index in [1.807, 2.05) is 42.8 Å². The molecule has 7 nitrogen and oxygen atoms in total. The molecule has 1 aliphatic heterocycles. The topological polar surface area (TPSA) is 95.1 Å². The van der Waals surface area contributed by atoms with Gasteiger partial charge in [-0.2, -0.15) is 5.10 Å². The summed E-state index contributed by atoms with van der Waals surface area (Å²) in [5, 5.41) is 22.6. The fraction of sp³-hybridized carbons (Fsp3) is 0.429. The number of carbonyl (C=O) groups is 1. The molecule has 2 aromatic rings. The molecule has 0 amide bonds. The molecule has 5 rings (SSSR count). The fourth-order valence-electron chi connectivity index (χ4n) is 6.01. The van der Waals surface area contributed by atoms with Crippen LogP contribution in [0.3, 0.4) is 0 Å². The first-order valence-electron chi connectivity index (χ1n) is 12.3. The van der Waals surface area contributed by atoms with E-state index in [1.165, 1.54) is 5.56 Å². The molecule has 2 aliphatic carbocycles. The van der Waals surface area contributed by atoms with E-state index in [9.17, 15) is 9.90 Å². The molecule has 3 heterocycles. The van der Waals surface area contributed by atoms with Crippen LogP contribution in [0.5, 0.6) is 0 Å². The van der Waals surface area contributed by atoms with Crippen molar-refractivity contribution in [3.63, 3.8) is 0 Å². The average molecular weight is 472 g/mol. The van der Waals surface area contributed by atoms with Crippen molar-refractivity contribution in [1.29, 1.82) is 5.41 Å². The molecule has 3 aliphatic rings. The number of hydrogen-bond acceptors (Lipinski definition) is 5. The molecule has 182 valence electrons. The number of allylic oxidation sites excluding steroid dienone is 6. The zero-order valence-corrected chi connectivity index (χ0v) is 21.1. The van der Waals surface area contributed by atoms with E-state index in [4.69, 9.17) is 15.5 Å². The Balaban J connectivity index is 1.45. The second kappa shape index (κ2) is 8.33. The SMILES string of the molecule is C/C=C1\C(=N)C=CC=C1c1nn(-c2ccc(N3CC4(CC(C(=O)O)C4)C3)nc2C)c(C)c1C(C)C. The van der Waals surface area contributed by atoms with Gasteiger partial charge in [0.15, 0.2) is 0 Å². The predicted molar refractivity (Wildman–Crippen MR) is 139 cm³/mol. The van der Waals surface area contributed by atoms with Crippen molar-refractivity contribution in [3.05, 3.63) is 64.7 Å². The number of nitrogens with one attached hydrogen (secondary N) is 1. The van der Waals surface area contributed by atoms with Crippen LogP contribution in [0.25, 0.3) is 11.3 Å². The Bertz CT molecular complexity index is 1310. The van der Waals surface area contributed by atoms with Crippen LogP contribution >= 0.6 is 0 Å². The second-order valence-corrected chi connectivity index (χ2v) is 10.5. The molecule has 2 aromatic heterocycles. The van der Waals surface area contributed by atoms with E-state index in [2.05, 4.69) is 37.8 Å². The summed E-state index contributed by atoms with van der Waals surface area (Å²) in [5.41, 5.74) is 7.60. The smallest absolute Gasteiger partial charge is 0.306 e. The van der Waals surface area contributed by atoms with Crippen molar-refractivity contribution < 1.29 is 9.90 Å². The highest BCUT2D eigenvalue weighted by molar-refractivity contribution is 6.19. The third kappa shape index (κ3) is 3.74. The van der Waals surface area contributed by atoms with Crippen LogP contribution in [0, 0.1) is 30.6 Å². The van der Waals surface area contributed by atoms with Gasteiger partial charge >= 0.3 is 5.97 Å². The third-order valence-electron chi connectivity index (χ3n) is 7.75. The Hall–Kier alpha value is -3.48. The number of carboxylic acids is 1. The highest BCUT2D eigenvalue weighted by Crippen LogP contribution is 2.52. The normalized spacial score (nSPS) is 20.4. The van der Waals surface area contributed by atoms with Gasteiger partial charge in [-0.25, -0.2) is 9.67 Å². The van der Waals surface area contributed by atoms with Crippen LogP contribution in [0.2, 0.25) is 0 Å². The predicted octanol–water partition coefficient (Wildman–Crippen LogP) is 5.23. The molecule has 1 spiro atoms. The summed E-state index contributed by atoms with van der Waals surface area (Å²) in [6.45, 7) is 12.2. The number of aliphatic carboxylic acids is 1. The van der Waals surface area contributed by atoms with Crippen LogP contribution in [-0.2, 0) is 4.79 Å². The molecule has 0 radical (unpaired) electrons. The molecule has 7 heteroatoms. The van der Waals surface area contributed by atoms with Crippen molar-refractivity contribution in [2.24, 2.45) is 11.3 Å². The molecule has 0 atom stereocenters. The largest absolute Gasteiger partial charge is 0.481 e. The van der Waals surface area contributed by atoms with Gasteiger partial charge in [0.05, 0.1) is 28.7 Å². The maximum atomic E-state index is 11.2. The van der Waals surface area contributed by atoms with Gasteiger partial charge in [-0.1, -0.05) is 32.1 Å². The van der Waals surface area contributed by atoms with Crippen LogP contribution in [0.15, 0.2) is 42.0 Å². The lowest BCUT2D eigenvalue weighted by molar-refractivity contribution is -0.151. The molecule has 2 fully saturated rings. The summed E-state index contributed by atoms with van der Waals surface area (Å²) in [7, 11) is 0. The Morgan fingerprint density at radius 3 is 2.57 bits per heavy atom. The number of pyridine rings is 1. The minimum atomic E-state index is -0.666. The van der Waals surface area contributed by atoms with Gasteiger partial charge in [0.25, 0.3) is 0 Å². The van der Waals surface area contributed by atoms with Gasteiger partial charge in [0.2, 0.25) is 0 Å². The molecule has 35 heavy (non-hydrogen) atoms. The molecule has 2 N–H and O–H groups in total. The maximum Gasteiger partial charge on any atom is 0.306 e.